The maximum atomic E-state index is 13.8. The molecule has 0 bridgehead atoms. The number of carbonyl (C=O) groups excluding carboxylic acids is 1. The molecule has 2 aliphatic rings. The number of ether oxygens (including phenoxy) is 1. The van der Waals surface area contributed by atoms with Crippen molar-refractivity contribution in [2.24, 2.45) is 11.8 Å². The van der Waals surface area contributed by atoms with Crippen molar-refractivity contribution < 1.29 is 32.2 Å². The van der Waals surface area contributed by atoms with Crippen LogP contribution in [0.1, 0.15) is 60.9 Å². The molecule has 1 atom stereocenters. The zero-order valence-electron chi connectivity index (χ0n) is 23.6. The topological polar surface area (TPSA) is 65.0 Å². The molecule has 0 spiro atoms. The van der Waals surface area contributed by atoms with E-state index in [9.17, 15) is 27.5 Å². The Kier molecular flexibility index (Phi) is 10.9. The summed E-state index contributed by atoms with van der Waals surface area (Å²) in [5.74, 6) is -0.00703. The zero-order valence-corrected chi connectivity index (χ0v) is 23.6. The number of halogens is 4. The molecule has 0 radical (unpaired) electrons. The second-order valence-electron chi connectivity index (χ2n) is 11.3. The molecule has 1 aliphatic heterocycles. The number of amides is 1. The summed E-state index contributed by atoms with van der Waals surface area (Å²) in [4.78, 5) is 16.5. The van der Waals surface area contributed by atoms with Crippen molar-refractivity contribution >= 4 is 11.6 Å². The Balaban J connectivity index is 1.13. The number of alkyl halides is 3. The molecule has 41 heavy (non-hydrogen) atoms. The van der Waals surface area contributed by atoms with Gasteiger partial charge in [0.15, 0.2) is 0 Å². The summed E-state index contributed by atoms with van der Waals surface area (Å²) in [7, 11) is 1.75. The van der Waals surface area contributed by atoms with Gasteiger partial charge >= 0.3 is 6.18 Å². The first kappa shape index (κ1) is 31.1. The Morgan fingerprint density at radius 1 is 1.07 bits per heavy atom. The van der Waals surface area contributed by atoms with Gasteiger partial charge in [0.1, 0.15) is 11.6 Å². The molecule has 1 saturated heterocycles. The molecule has 2 aromatic rings. The van der Waals surface area contributed by atoms with Crippen molar-refractivity contribution in [2.75, 3.05) is 51.3 Å². The van der Waals surface area contributed by atoms with Gasteiger partial charge in [0.2, 0.25) is 0 Å². The third-order valence-corrected chi connectivity index (χ3v) is 8.62. The van der Waals surface area contributed by atoms with Crippen molar-refractivity contribution in [3.63, 3.8) is 0 Å². The fraction of sp³-hybridized carbons (Fsp3) is 0.581. The molecule has 2 N–H and O–H groups in total. The van der Waals surface area contributed by atoms with Crippen molar-refractivity contribution in [2.45, 2.75) is 57.2 Å². The largest absolute Gasteiger partial charge is 0.507 e. The third kappa shape index (κ3) is 8.82. The quantitative estimate of drug-likeness (QED) is 0.249. The van der Waals surface area contributed by atoms with Crippen LogP contribution in [0.4, 0.5) is 23.2 Å². The Hall–Kier alpha value is -2.85. The van der Waals surface area contributed by atoms with Gasteiger partial charge in [-0.25, -0.2) is 4.39 Å². The number of methoxy groups -OCH3 is 1. The molecule has 1 saturated carbocycles. The van der Waals surface area contributed by atoms with E-state index in [2.05, 4.69) is 10.2 Å². The van der Waals surface area contributed by atoms with Crippen molar-refractivity contribution in [3.05, 3.63) is 59.4 Å². The second-order valence-corrected chi connectivity index (χ2v) is 11.3. The predicted octanol–water partition coefficient (Wildman–Crippen LogP) is 6.09. The summed E-state index contributed by atoms with van der Waals surface area (Å²) in [6.07, 6.45) is 2.89. The van der Waals surface area contributed by atoms with E-state index < -0.39 is 17.6 Å². The van der Waals surface area contributed by atoms with Crippen LogP contribution < -0.4 is 10.2 Å². The average molecular weight is 580 g/mol. The first-order chi connectivity index (χ1) is 19.6. The van der Waals surface area contributed by atoms with E-state index in [-0.39, 0.29) is 23.3 Å². The van der Waals surface area contributed by atoms with Gasteiger partial charge in [-0.05, 0) is 80.8 Å². The molecule has 6 nitrogen and oxygen atoms in total. The standard InChI is InChI=1S/C31H41F4N3O3/c1-41-29(7-4-13-36-30(40)27-5-2-3-6-28(27)39)23-10-8-22(9-11-23)12-14-37-15-17-38(18-16-37)26-20-24(31(33,34)35)19-25(32)21-26/h2-3,5-6,19-23,29,39H,4,7-18H2,1H3,(H,36,40). The Morgan fingerprint density at radius 3 is 2.44 bits per heavy atom. The molecule has 226 valence electrons. The monoisotopic (exact) mass is 579 g/mol. The molecular formula is C31H41F4N3O3. The fourth-order valence-electron chi connectivity index (χ4n) is 6.18. The normalized spacial score (nSPS) is 21.0. The number of hydrogen-bond donors (Lipinski definition) is 2. The van der Waals surface area contributed by atoms with Gasteiger partial charge in [-0.3, -0.25) is 9.69 Å². The number of para-hydroxylation sites is 1. The number of phenolic OH excluding ortho intramolecular Hbond substituents is 1. The van der Waals surface area contributed by atoms with Gasteiger partial charge in [0.25, 0.3) is 5.91 Å². The SMILES string of the molecule is COC(CCCNC(=O)c1ccccc1O)C1CCC(CCN2CCN(c3cc(F)cc(C(F)(F)F)c3)CC2)CC1. The van der Waals surface area contributed by atoms with Crippen LogP contribution in [-0.2, 0) is 10.9 Å². The van der Waals surface area contributed by atoms with Gasteiger partial charge < -0.3 is 20.1 Å². The number of nitrogens with one attached hydrogen (secondary N) is 1. The molecule has 2 fully saturated rings. The molecule has 10 heteroatoms. The van der Waals surface area contributed by atoms with E-state index in [0.717, 1.165) is 70.6 Å². The highest BCUT2D eigenvalue weighted by molar-refractivity contribution is 5.96. The number of nitrogens with zero attached hydrogens (tertiary/aromatic N) is 2. The summed E-state index contributed by atoms with van der Waals surface area (Å²) in [5.41, 5.74) is -0.375. The van der Waals surface area contributed by atoms with Crippen LogP contribution in [0, 0.1) is 17.7 Å². The predicted molar refractivity (Wildman–Crippen MR) is 151 cm³/mol. The number of piperazine rings is 1. The fourth-order valence-corrected chi connectivity index (χ4v) is 6.18. The maximum absolute atomic E-state index is 13.8. The smallest absolute Gasteiger partial charge is 0.416 e. The van der Waals surface area contributed by atoms with Crippen molar-refractivity contribution in [1.29, 1.82) is 0 Å². The molecule has 1 heterocycles. The van der Waals surface area contributed by atoms with Gasteiger partial charge in [0, 0.05) is 45.5 Å². The Morgan fingerprint density at radius 2 is 1.78 bits per heavy atom. The lowest BCUT2D eigenvalue weighted by atomic mass is 9.77. The maximum Gasteiger partial charge on any atom is 0.416 e. The van der Waals surface area contributed by atoms with Crippen LogP contribution in [0.5, 0.6) is 5.75 Å². The van der Waals surface area contributed by atoms with E-state index in [4.69, 9.17) is 4.74 Å². The number of hydrogen-bond acceptors (Lipinski definition) is 5. The summed E-state index contributed by atoms with van der Waals surface area (Å²) in [5, 5.41) is 12.7. The van der Waals surface area contributed by atoms with Crippen LogP contribution in [0.2, 0.25) is 0 Å². The molecule has 1 unspecified atom stereocenters. The number of phenols is 1. The summed E-state index contributed by atoms with van der Waals surface area (Å²) in [6.45, 7) is 4.15. The van der Waals surface area contributed by atoms with Gasteiger partial charge in [-0.1, -0.05) is 25.0 Å². The van der Waals surface area contributed by atoms with E-state index in [0.29, 0.717) is 43.2 Å². The summed E-state index contributed by atoms with van der Waals surface area (Å²) >= 11 is 0. The molecule has 0 aromatic heterocycles. The van der Waals surface area contributed by atoms with E-state index in [1.807, 2.05) is 4.90 Å². The lowest BCUT2D eigenvalue weighted by Gasteiger charge is -2.38. The average Bonchev–Trinajstić information content (AvgIpc) is 2.96. The van der Waals surface area contributed by atoms with Crippen molar-refractivity contribution in [1.82, 2.24) is 10.2 Å². The highest BCUT2D eigenvalue weighted by Gasteiger charge is 2.32. The molecule has 4 rings (SSSR count). The molecular weight excluding hydrogens is 538 g/mol. The molecule has 1 amide bonds. The van der Waals surface area contributed by atoms with Gasteiger partial charge in [-0.2, -0.15) is 13.2 Å². The number of benzene rings is 2. The lowest BCUT2D eigenvalue weighted by Crippen LogP contribution is -2.47. The van der Waals surface area contributed by atoms with E-state index in [1.54, 1.807) is 25.3 Å². The number of anilines is 1. The zero-order chi connectivity index (χ0) is 29.4. The number of rotatable bonds is 11. The lowest BCUT2D eigenvalue weighted by molar-refractivity contribution is -0.137. The van der Waals surface area contributed by atoms with Crippen LogP contribution >= 0.6 is 0 Å². The third-order valence-electron chi connectivity index (χ3n) is 8.62. The molecule has 1 aliphatic carbocycles. The van der Waals surface area contributed by atoms with Crippen LogP contribution in [-0.4, -0.2) is 68.4 Å². The Bertz CT molecular complexity index is 1130. The highest BCUT2D eigenvalue weighted by Crippen LogP contribution is 2.35. The second kappa shape index (κ2) is 14.4. The van der Waals surface area contributed by atoms with Gasteiger partial charge in [0.05, 0.1) is 17.2 Å². The van der Waals surface area contributed by atoms with Crippen molar-refractivity contribution in [3.8, 4) is 5.75 Å². The molecule has 2 aromatic carbocycles. The number of carbonyl (C=O) groups is 1. The first-order valence-electron chi connectivity index (χ1n) is 14.6. The number of aromatic hydroxyl groups is 1. The summed E-state index contributed by atoms with van der Waals surface area (Å²) < 4.78 is 58.9. The minimum atomic E-state index is -4.56. The van der Waals surface area contributed by atoms with Crippen LogP contribution in [0.25, 0.3) is 0 Å². The van der Waals surface area contributed by atoms with Gasteiger partial charge in [-0.15, -0.1) is 0 Å². The summed E-state index contributed by atoms with van der Waals surface area (Å²) in [6, 6.07) is 9.27. The van der Waals surface area contributed by atoms with E-state index in [1.165, 1.54) is 12.1 Å². The Labute approximate surface area is 239 Å². The highest BCUT2D eigenvalue weighted by atomic mass is 19.4. The minimum Gasteiger partial charge on any atom is -0.507 e. The van der Waals surface area contributed by atoms with Crippen LogP contribution in [0.15, 0.2) is 42.5 Å². The van der Waals surface area contributed by atoms with Crippen LogP contribution in [0.3, 0.4) is 0 Å². The first-order valence-corrected chi connectivity index (χ1v) is 14.6. The minimum absolute atomic E-state index is 0.0226. The van der Waals surface area contributed by atoms with E-state index >= 15 is 0 Å².